The van der Waals surface area contributed by atoms with Crippen LogP contribution in [0.2, 0.25) is 0 Å². The van der Waals surface area contributed by atoms with E-state index in [4.69, 9.17) is 39.7 Å². The number of piperazine rings is 1. The normalized spacial score (nSPS) is 21.3. The Labute approximate surface area is 270 Å². The van der Waals surface area contributed by atoms with Gasteiger partial charge in [0.15, 0.2) is 0 Å². The minimum Gasteiger partial charge on any atom is -0.488 e. The third-order valence-electron chi connectivity index (χ3n) is 7.15. The highest BCUT2D eigenvalue weighted by Crippen LogP contribution is 2.47. The third-order valence-corrected chi connectivity index (χ3v) is 7.15. The van der Waals surface area contributed by atoms with Crippen LogP contribution in [-0.2, 0) is 41.0 Å². The lowest BCUT2D eigenvalue weighted by molar-refractivity contribution is -0.145. The average molecular weight is 659 g/mol. The number of hydrogen-bond donors (Lipinski definition) is 6. The number of carboxylic acids is 4. The molecule has 0 bridgehead atoms. The van der Waals surface area contributed by atoms with Crippen LogP contribution in [0, 0.1) is 0 Å². The van der Waals surface area contributed by atoms with Crippen molar-refractivity contribution in [3.05, 3.63) is 89.5 Å². The molecule has 0 radical (unpaired) electrons. The highest BCUT2D eigenvalue weighted by Gasteiger charge is 2.49. The largest absolute Gasteiger partial charge is 0.488 e. The Hall–Kier alpha value is -4.64. The molecule has 15 nitrogen and oxygen atoms in total. The van der Waals surface area contributed by atoms with Crippen LogP contribution < -0.4 is 4.74 Å². The quantitative estimate of drug-likeness (QED) is 0.203. The number of aliphatic hydroxyl groups is 2. The van der Waals surface area contributed by atoms with E-state index in [1.807, 2.05) is 36.4 Å². The number of rotatable bonds is 9. The molecule has 3 aliphatic heterocycles. The van der Waals surface area contributed by atoms with Gasteiger partial charge in [-0.25, -0.2) is 19.2 Å². The van der Waals surface area contributed by atoms with Crippen molar-refractivity contribution in [2.75, 3.05) is 52.5 Å². The zero-order valence-electron chi connectivity index (χ0n) is 25.4. The van der Waals surface area contributed by atoms with Crippen LogP contribution in [-0.4, -0.2) is 129 Å². The van der Waals surface area contributed by atoms with Crippen LogP contribution in [0.15, 0.2) is 72.8 Å². The molecule has 6 N–H and O–H groups in total. The Balaban J connectivity index is 0.000000312. The van der Waals surface area contributed by atoms with Crippen LogP contribution in [0.3, 0.4) is 0 Å². The fraction of sp³-hybridized carbons (Fsp3) is 0.375. The third kappa shape index (κ3) is 11.3. The number of hydrogen-bond acceptors (Lipinski definition) is 11. The standard InChI is InChI=1S/C24H30N2O5.2C4H4O4/c27-15-19(28)13-25-9-11-26(12-10-25)14-20-17-30-24(31-20)21-6-2-1-5-18(21)16-29-23-8-4-3-7-22(23)24;2*5-3(6)1-2-4(7)8/h1-8,19-20,27-28H,9-17H2;2*1-2H,(H,5,6)(H,7,8)/b;2*2-1-. The number of benzene rings is 2. The van der Waals surface area contributed by atoms with E-state index < -0.39 is 35.8 Å². The lowest BCUT2D eigenvalue weighted by atomic mass is 9.93. The molecule has 5 rings (SSSR count). The van der Waals surface area contributed by atoms with Gasteiger partial charge in [-0.3, -0.25) is 9.80 Å². The van der Waals surface area contributed by atoms with Crippen LogP contribution in [0.5, 0.6) is 5.75 Å². The topological polar surface area (TPSA) is 224 Å². The van der Waals surface area contributed by atoms with Crippen molar-refractivity contribution in [1.29, 1.82) is 0 Å². The van der Waals surface area contributed by atoms with Gasteiger partial charge < -0.3 is 44.8 Å². The Kier molecular flexibility index (Phi) is 14.0. The molecule has 0 aromatic heterocycles. The van der Waals surface area contributed by atoms with E-state index in [1.165, 1.54) is 0 Å². The zero-order valence-corrected chi connectivity index (χ0v) is 25.4. The molecule has 0 amide bonds. The minimum absolute atomic E-state index is 0.0474. The van der Waals surface area contributed by atoms with Gasteiger partial charge in [-0.1, -0.05) is 36.4 Å². The number of fused-ring (bicyclic) bond motifs is 4. The summed E-state index contributed by atoms with van der Waals surface area (Å²) < 4.78 is 19.2. The number of nitrogens with zero attached hydrogens (tertiary/aromatic N) is 2. The molecule has 254 valence electrons. The van der Waals surface area contributed by atoms with Gasteiger partial charge in [-0.05, 0) is 17.7 Å². The maximum Gasteiger partial charge on any atom is 0.328 e. The molecule has 3 atom stereocenters. The molecule has 2 aromatic rings. The van der Waals surface area contributed by atoms with Crippen molar-refractivity contribution in [3.63, 3.8) is 0 Å². The monoisotopic (exact) mass is 658 g/mol. The van der Waals surface area contributed by atoms with Crippen molar-refractivity contribution in [2.45, 2.75) is 24.6 Å². The average Bonchev–Trinajstić information content (AvgIpc) is 3.42. The molecule has 2 fully saturated rings. The Morgan fingerprint density at radius 2 is 1.30 bits per heavy atom. The second-order valence-corrected chi connectivity index (χ2v) is 10.6. The van der Waals surface area contributed by atoms with Gasteiger partial charge in [0.1, 0.15) is 12.4 Å². The maximum atomic E-state index is 9.68. The van der Waals surface area contributed by atoms with Crippen molar-refractivity contribution in [1.82, 2.24) is 9.80 Å². The summed E-state index contributed by atoms with van der Waals surface area (Å²) in [6, 6.07) is 16.2. The SMILES string of the molecule is O=C(O)/C=C\C(=O)O.O=C(O)/C=C\C(=O)O.OCC(O)CN1CCN(CC2COC3(O2)c2ccccc2COc2ccccc23)CC1. The summed E-state index contributed by atoms with van der Waals surface area (Å²) in [7, 11) is 0. The summed E-state index contributed by atoms with van der Waals surface area (Å²) in [5.74, 6) is -5.17. The number of aliphatic carboxylic acids is 4. The molecule has 0 saturated carbocycles. The first-order valence-electron chi connectivity index (χ1n) is 14.6. The number of aliphatic hydroxyl groups excluding tert-OH is 2. The van der Waals surface area contributed by atoms with Gasteiger partial charge in [-0.2, -0.15) is 0 Å². The predicted octanol–water partition coefficient (Wildman–Crippen LogP) is 0.590. The fourth-order valence-electron chi connectivity index (χ4n) is 5.10. The van der Waals surface area contributed by atoms with Crippen LogP contribution in [0.25, 0.3) is 0 Å². The van der Waals surface area contributed by atoms with Crippen LogP contribution in [0.4, 0.5) is 0 Å². The first kappa shape index (κ1) is 36.8. The van der Waals surface area contributed by atoms with Gasteiger partial charge in [0, 0.05) is 69.1 Å². The summed E-state index contributed by atoms with van der Waals surface area (Å²) in [4.78, 5) is 42.8. The lowest BCUT2D eigenvalue weighted by Gasteiger charge is -2.36. The number of carboxylic acid groups (broad SMARTS) is 4. The fourth-order valence-corrected chi connectivity index (χ4v) is 5.10. The molecule has 2 aromatic carbocycles. The van der Waals surface area contributed by atoms with Gasteiger partial charge >= 0.3 is 23.9 Å². The predicted molar refractivity (Wildman–Crippen MR) is 164 cm³/mol. The summed E-state index contributed by atoms with van der Waals surface area (Å²) in [6.45, 7) is 5.68. The van der Waals surface area contributed by atoms with Gasteiger partial charge in [0.2, 0.25) is 5.79 Å². The highest BCUT2D eigenvalue weighted by atomic mass is 16.7. The van der Waals surface area contributed by atoms with Gasteiger partial charge in [0.05, 0.1) is 31.0 Å². The van der Waals surface area contributed by atoms with E-state index in [0.29, 0.717) is 44.1 Å². The minimum atomic E-state index is -1.26. The number of carbonyl (C=O) groups is 4. The number of para-hydroxylation sites is 1. The molecule has 3 unspecified atom stereocenters. The van der Waals surface area contributed by atoms with Crippen molar-refractivity contribution >= 4 is 23.9 Å². The first-order valence-corrected chi connectivity index (χ1v) is 14.6. The highest BCUT2D eigenvalue weighted by molar-refractivity contribution is 5.90. The number of β-amino-alcohol motifs (C(OH)–C–C–N with tert-alkyl or cyclic N) is 1. The Morgan fingerprint density at radius 1 is 0.787 bits per heavy atom. The molecule has 47 heavy (non-hydrogen) atoms. The van der Waals surface area contributed by atoms with Crippen molar-refractivity contribution in [3.8, 4) is 5.75 Å². The van der Waals surface area contributed by atoms with E-state index in [-0.39, 0.29) is 12.7 Å². The summed E-state index contributed by atoms with van der Waals surface area (Å²) in [6.07, 6.45) is 1.51. The van der Waals surface area contributed by atoms with Gasteiger partial charge in [0.25, 0.3) is 0 Å². The van der Waals surface area contributed by atoms with Gasteiger partial charge in [-0.15, -0.1) is 0 Å². The molecule has 3 heterocycles. The Morgan fingerprint density at radius 3 is 1.85 bits per heavy atom. The first-order chi connectivity index (χ1) is 22.4. The second-order valence-electron chi connectivity index (χ2n) is 10.6. The van der Waals surface area contributed by atoms with Crippen LogP contribution in [0.1, 0.15) is 16.7 Å². The van der Waals surface area contributed by atoms with Crippen molar-refractivity contribution in [2.24, 2.45) is 0 Å². The van der Waals surface area contributed by atoms with E-state index in [2.05, 4.69) is 21.9 Å². The molecule has 0 aliphatic carbocycles. The molecule has 3 aliphatic rings. The van der Waals surface area contributed by atoms with E-state index in [9.17, 15) is 24.3 Å². The van der Waals surface area contributed by atoms with E-state index >= 15 is 0 Å². The Bertz CT molecular complexity index is 1320. The lowest BCUT2D eigenvalue weighted by Crippen LogP contribution is -2.50. The summed E-state index contributed by atoms with van der Waals surface area (Å²) >= 11 is 0. The van der Waals surface area contributed by atoms with E-state index in [0.717, 1.165) is 55.2 Å². The van der Waals surface area contributed by atoms with E-state index in [1.54, 1.807) is 0 Å². The summed E-state index contributed by atoms with van der Waals surface area (Å²) in [5, 5.41) is 50.0. The second kappa shape index (κ2) is 17.9. The maximum absolute atomic E-state index is 9.68. The molecule has 2 saturated heterocycles. The zero-order chi connectivity index (χ0) is 34.4. The molecule has 1 spiro atoms. The molecule has 15 heteroatoms. The summed E-state index contributed by atoms with van der Waals surface area (Å²) in [5.41, 5.74) is 3.02. The number of ether oxygens (including phenoxy) is 3. The molecular weight excluding hydrogens is 620 g/mol. The van der Waals surface area contributed by atoms with Crippen molar-refractivity contribution < 1.29 is 64.0 Å². The van der Waals surface area contributed by atoms with Crippen LogP contribution >= 0.6 is 0 Å². The molecular formula is C32H38N2O13. The smallest absolute Gasteiger partial charge is 0.328 e.